The summed E-state index contributed by atoms with van der Waals surface area (Å²) in [5.41, 5.74) is 0. The lowest BCUT2D eigenvalue weighted by atomic mass is 10.0. The minimum Gasteiger partial charge on any atom is -0.756 e. The third-order valence-corrected chi connectivity index (χ3v) is 6.50. The number of rotatable bonds is 21. The van der Waals surface area contributed by atoms with Gasteiger partial charge in [0.1, 0.15) is 12.4 Å². The van der Waals surface area contributed by atoms with Crippen molar-refractivity contribution in [2.75, 3.05) is 13.2 Å². The molecule has 0 aliphatic carbocycles. The van der Waals surface area contributed by atoms with Gasteiger partial charge in [0.05, 0.1) is 26.8 Å². The van der Waals surface area contributed by atoms with Crippen molar-refractivity contribution >= 4 is 7.82 Å². The molecule has 0 radical (unpaired) electrons. The van der Waals surface area contributed by atoms with Crippen molar-refractivity contribution in [1.82, 2.24) is 4.57 Å². The molecule has 0 saturated heterocycles. The molecule has 6 nitrogen and oxygen atoms in total. The summed E-state index contributed by atoms with van der Waals surface area (Å²) in [6.07, 6.45) is 27.9. The van der Waals surface area contributed by atoms with Crippen molar-refractivity contribution in [3.05, 3.63) is 18.7 Å². The maximum atomic E-state index is 10.7. The molecule has 0 fully saturated rings. The summed E-state index contributed by atoms with van der Waals surface area (Å²) in [4.78, 5) is 10.7. The summed E-state index contributed by atoms with van der Waals surface area (Å²) in [5.74, 6) is 0. The Bertz CT molecular complexity index is 568. The minimum atomic E-state index is -3.98. The molecule has 0 atom stereocenters. The maximum Gasteiger partial charge on any atom is 0.267 e. The van der Waals surface area contributed by atoms with E-state index in [2.05, 4.69) is 50.9 Å². The average molecular weight is 489 g/mol. The van der Waals surface area contributed by atoms with Crippen molar-refractivity contribution in [2.45, 2.75) is 130 Å². The second-order valence-corrected chi connectivity index (χ2v) is 10.4. The van der Waals surface area contributed by atoms with Gasteiger partial charge in [-0.1, -0.05) is 97.8 Å². The number of hydrogen-bond donors (Lipinski definition) is 0. The highest BCUT2D eigenvalue weighted by Crippen LogP contribution is 2.38. The SMILES string of the molecule is CCCCCCCCCCCCCCCC[n+]1ccn(C)c1.CCCOP(=O)([O-])OCCC. The molecular weight excluding hydrogens is 435 g/mol. The molecule has 1 rings (SSSR count). The van der Waals surface area contributed by atoms with Gasteiger partial charge in [-0.3, -0.25) is 4.57 Å². The third kappa shape index (κ3) is 22.9. The lowest BCUT2D eigenvalue weighted by molar-refractivity contribution is -0.696. The topological polar surface area (TPSA) is 67.4 Å². The summed E-state index contributed by atoms with van der Waals surface area (Å²) < 4.78 is 24.1. The summed E-state index contributed by atoms with van der Waals surface area (Å²) >= 11 is 0. The van der Waals surface area contributed by atoms with E-state index in [0.717, 1.165) is 0 Å². The zero-order valence-electron chi connectivity index (χ0n) is 22.1. The lowest BCUT2D eigenvalue weighted by Crippen LogP contribution is -2.30. The zero-order valence-corrected chi connectivity index (χ0v) is 23.0. The van der Waals surface area contributed by atoms with E-state index in [9.17, 15) is 9.46 Å². The highest BCUT2D eigenvalue weighted by molar-refractivity contribution is 7.45. The number of aryl methyl sites for hydroxylation is 2. The standard InChI is InChI=1S/C20H39N2.C6H15O4P/c1-3-4-5-6-7-8-9-10-11-12-13-14-15-16-17-22-19-18-21(2)20-22;1-3-5-9-11(7,8)10-6-4-2/h18-20H,3-17H2,1-2H3;3-6H2,1-2H3,(H,7,8)/q+1;/p-1. The van der Waals surface area contributed by atoms with E-state index in [1.807, 2.05) is 13.8 Å². The molecule has 1 heterocycles. The largest absolute Gasteiger partial charge is 0.756 e. The third-order valence-electron chi connectivity index (χ3n) is 5.50. The van der Waals surface area contributed by atoms with Crippen molar-refractivity contribution in [2.24, 2.45) is 7.05 Å². The lowest BCUT2D eigenvalue weighted by Gasteiger charge is -2.21. The van der Waals surface area contributed by atoms with Gasteiger partial charge < -0.3 is 13.9 Å². The number of phosphoric acid groups is 1. The molecule has 0 aliphatic rings. The van der Waals surface area contributed by atoms with Crippen LogP contribution in [0.15, 0.2) is 18.7 Å². The van der Waals surface area contributed by atoms with Crippen LogP contribution in [-0.4, -0.2) is 17.8 Å². The van der Waals surface area contributed by atoms with Crippen molar-refractivity contribution in [3.8, 4) is 0 Å². The Morgan fingerprint density at radius 3 is 1.52 bits per heavy atom. The molecule has 0 saturated carbocycles. The smallest absolute Gasteiger partial charge is 0.267 e. The molecule has 0 bridgehead atoms. The van der Waals surface area contributed by atoms with Crippen molar-refractivity contribution in [1.29, 1.82) is 0 Å². The fourth-order valence-electron chi connectivity index (χ4n) is 3.57. The van der Waals surface area contributed by atoms with E-state index in [0.29, 0.717) is 12.8 Å². The Hall–Kier alpha value is -0.680. The Labute approximate surface area is 204 Å². The van der Waals surface area contributed by atoms with Gasteiger partial charge in [-0.2, -0.15) is 0 Å². The van der Waals surface area contributed by atoms with Gasteiger partial charge in [-0.25, -0.2) is 9.13 Å². The molecule has 1 aromatic rings. The first-order chi connectivity index (χ1) is 15.9. The van der Waals surface area contributed by atoms with E-state index in [4.69, 9.17) is 0 Å². The summed E-state index contributed by atoms with van der Waals surface area (Å²) in [6, 6.07) is 0. The maximum absolute atomic E-state index is 10.7. The Morgan fingerprint density at radius 2 is 1.15 bits per heavy atom. The van der Waals surface area contributed by atoms with Gasteiger partial charge in [-0.05, 0) is 25.7 Å². The normalized spacial score (nSPS) is 11.4. The Balaban J connectivity index is 0.000000785. The monoisotopic (exact) mass is 488 g/mol. The molecular formula is C26H53N2O4P. The van der Waals surface area contributed by atoms with Gasteiger partial charge >= 0.3 is 0 Å². The van der Waals surface area contributed by atoms with E-state index >= 15 is 0 Å². The number of hydrogen-bond acceptors (Lipinski definition) is 4. The zero-order chi connectivity index (χ0) is 24.6. The summed E-state index contributed by atoms with van der Waals surface area (Å²) in [6.45, 7) is 7.54. The van der Waals surface area contributed by atoms with Crippen molar-refractivity contribution in [3.63, 3.8) is 0 Å². The summed E-state index contributed by atoms with van der Waals surface area (Å²) in [5, 5.41) is 0. The molecule has 1 aromatic heterocycles. The first-order valence-electron chi connectivity index (χ1n) is 13.6. The van der Waals surface area contributed by atoms with Crippen LogP contribution in [0.3, 0.4) is 0 Å². The van der Waals surface area contributed by atoms with Gasteiger partial charge in [-0.15, -0.1) is 0 Å². The molecule has 7 heteroatoms. The van der Waals surface area contributed by atoms with Crippen LogP contribution in [0.1, 0.15) is 124 Å². The molecule has 0 amide bonds. The number of nitrogens with zero attached hydrogens (tertiary/aromatic N) is 2. The average Bonchev–Trinajstić information content (AvgIpc) is 3.22. The number of imidazole rings is 1. The minimum absolute atomic E-state index is 0.199. The first-order valence-corrected chi connectivity index (χ1v) is 15.0. The molecule has 196 valence electrons. The highest BCUT2D eigenvalue weighted by Gasteiger charge is 2.06. The van der Waals surface area contributed by atoms with Crippen molar-refractivity contribution < 1.29 is 23.1 Å². The van der Waals surface area contributed by atoms with E-state index in [-0.39, 0.29) is 13.2 Å². The van der Waals surface area contributed by atoms with Gasteiger partial charge in [0.2, 0.25) is 6.33 Å². The fraction of sp³-hybridized carbons (Fsp3) is 0.885. The van der Waals surface area contributed by atoms with E-state index in [1.165, 1.54) is 96.4 Å². The van der Waals surface area contributed by atoms with Gasteiger partial charge in [0.25, 0.3) is 7.82 Å². The first kappa shape index (κ1) is 32.3. The number of unbranched alkanes of at least 4 members (excludes halogenated alkanes) is 13. The van der Waals surface area contributed by atoms with E-state index in [1.54, 1.807) is 0 Å². The molecule has 0 N–H and O–H groups in total. The van der Waals surface area contributed by atoms with Crippen LogP contribution >= 0.6 is 7.82 Å². The highest BCUT2D eigenvalue weighted by atomic mass is 31.2. The molecule has 0 spiro atoms. The van der Waals surface area contributed by atoms with Crippen LogP contribution < -0.4 is 9.46 Å². The number of aromatic nitrogens is 2. The Kier molecular flexibility index (Phi) is 22.6. The quantitative estimate of drug-likeness (QED) is 0.105. The predicted molar refractivity (Wildman–Crippen MR) is 136 cm³/mol. The molecule has 0 aliphatic heterocycles. The summed E-state index contributed by atoms with van der Waals surface area (Å²) in [7, 11) is -1.89. The van der Waals surface area contributed by atoms with Crippen LogP contribution in [0, 0.1) is 0 Å². The van der Waals surface area contributed by atoms with Crippen LogP contribution in [0.4, 0.5) is 0 Å². The second-order valence-electron chi connectivity index (χ2n) is 9.03. The van der Waals surface area contributed by atoms with Crippen LogP contribution in [-0.2, 0) is 27.2 Å². The predicted octanol–water partition coefficient (Wildman–Crippen LogP) is 7.10. The van der Waals surface area contributed by atoms with Crippen LogP contribution in [0.2, 0.25) is 0 Å². The molecule has 33 heavy (non-hydrogen) atoms. The van der Waals surface area contributed by atoms with Crippen LogP contribution in [0.5, 0.6) is 0 Å². The van der Waals surface area contributed by atoms with Gasteiger partial charge in [0.15, 0.2) is 0 Å². The fourth-order valence-corrected chi connectivity index (χ4v) is 4.45. The van der Waals surface area contributed by atoms with Crippen LogP contribution in [0.25, 0.3) is 0 Å². The molecule has 0 unspecified atom stereocenters. The molecule has 0 aromatic carbocycles. The second kappa shape index (κ2) is 23.1. The number of phosphoric ester groups is 1. The van der Waals surface area contributed by atoms with Gasteiger partial charge in [0, 0.05) is 0 Å². The van der Waals surface area contributed by atoms with E-state index < -0.39 is 7.82 Å². The Morgan fingerprint density at radius 1 is 0.727 bits per heavy atom.